The number of benzene rings is 2. The van der Waals surface area contributed by atoms with Gasteiger partial charge in [0.05, 0.1) is 0 Å². The zero-order chi connectivity index (χ0) is 17.8. The molecule has 0 radical (unpaired) electrons. The molecule has 0 unspecified atom stereocenters. The number of piperidine rings is 1. The first-order chi connectivity index (χ1) is 12.8. The van der Waals surface area contributed by atoms with Gasteiger partial charge in [0.1, 0.15) is 12.0 Å². The lowest BCUT2D eigenvalue weighted by Gasteiger charge is -2.31. The van der Waals surface area contributed by atoms with Crippen LogP contribution in [0.3, 0.4) is 0 Å². The van der Waals surface area contributed by atoms with Gasteiger partial charge in [-0.25, -0.2) is 4.98 Å². The summed E-state index contributed by atoms with van der Waals surface area (Å²) in [5.41, 5.74) is 2.93. The highest BCUT2D eigenvalue weighted by Gasteiger charge is 2.25. The lowest BCUT2D eigenvalue weighted by Crippen LogP contribution is -2.39. The SMILES string of the molecule is O=C(c1cn(-c2ccccc2)cn1)N1CCC(Cc2ccccc2)CC1. The molecule has 1 fully saturated rings. The van der Waals surface area contributed by atoms with Gasteiger partial charge in [-0.05, 0) is 42.9 Å². The zero-order valence-electron chi connectivity index (χ0n) is 14.8. The second-order valence-electron chi connectivity index (χ2n) is 6.93. The molecule has 0 atom stereocenters. The molecule has 2 heterocycles. The van der Waals surface area contributed by atoms with Crippen LogP contribution >= 0.6 is 0 Å². The predicted octanol–water partition coefficient (Wildman–Crippen LogP) is 3.97. The van der Waals surface area contributed by atoms with Crippen molar-refractivity contribution in [2.24, 2.45) is 5.92 Å². The van der Waals surface area contributed by atoms with Crippen LogP contribution in [-0.2, 0) is 6.42 Å². The van der Waals surface area contributed by atoms with Crippen LogP contribution in [0.4, 0.5) is 0 Å². The van der Waals surface area contributed by atoms with E-state index in [4.69, 9.17) is 0 Å². The standard InChI is InChI=1S/C22H23N3O/c26-22(21-16-25(17-23-21)20-9-5-2-6-10-20)24-13-11-19(12-14-24)15-18-7-3-1-4-8-18/h1-10,16-17,19H,11-15H2. The Morgan fingerprint density at radius 1 is 0.962 bits per heavy atom. The Hall–Kier alpha value is -2.88. The van der Waals surface area contributed by atoms with E-state index in [0.29, 0.717) is 11.6 Å². The third-order valence-corrected chi connectivity index (χ3v) is 5.12. The highest BCUT2D eigenvalue weighted by molar-refractivity contribution is 5.92. The van der Waals surface area contributed by atoms with Crippen LogP contribution in [0.1, 0.15) is 28.9 Å². The molecule has 4 rings (SSSR count). The predicted molar refractivity (Wildman–Crippen MR) is 102 cm³/mol. The van der Waals surface area contributed by atoms with E-state index in [9.17, 15) is 4.79 Å². The van der Waals surface area contributed by atoms with Crippen molar-refractivity contribution in [2.45, 2.75) is 19.3 Å². The fraction of sp³-hybridized carbons (Fsp3) is 0.273. The topological polar surface area (TPSA) is 38.1 Å². The van der Waals surface area contributed by atoms with Gasteiger partial charge in [0.2, 0.25) is 0 Å². The summed E-state index contributed by atoms with van der Waals surface area (Å²) in [6, 6.07) is 20.6. The Bertz CT molecular complexity index is 849. The lowest BCUT2D eigenvalue weighted by atomic mass is 9.90. The first-order valence-electron chi connectivity index (χ1n) is 9.22. The number of hydrogen-bond acceptors (Lipinski definition) is 2. The molecule has 4 nitrogen and oxygen atoms in total. The van der Waals surface area contributed by atoms with Gasteiger partial charge in [-0.15, -0.1) is 0 Å². The maximum atomic E-state index is 12.8. The molecule has 26 heavy (non-hydrogen) atoms. The van der Waals surface area contributed by atoms with E-state index in [0.717, 1.165) is 38.0 Å². The maximum absolute atomic E-state index is 12.8. The summed E-state index contributed by atoms with van der Waals surface area (Å²) in [5, 5.41) is 0. The number of aromatic nitrogens is 2. The van der Waals surface area contributed by atoms with E-state index in [2.05, 4.69) is 35.3 Å². The van der Waals surface area contributed by atoms with Crippen molar-refractivity contribution in [3.05, 3.63) is 84.4 Å². The highest BCUT2D eigenvalue weighted by atomic mass is 16.2. The van der Waals surface area contributed by atoms with Crippen LogP contribution in [-0.4, -0.2) is 33.4 Å². The summed E-state index contributed by atoms with van der Waals surface area (Å²) in [6.45, 7) is 1.63. The Morgan fingerprint density at radius 3 is 2.31 bits per heavy atom. The zero-order valence-corrected chi connectivity index (χ0v) is 14.8. The van der Waals surface area contributed by atoms with Crippen molar-refractivity contribution >= 4 is 5.91 Å². The summed E-state index contributed by atoms with van der Waals surface area (Å²) < 4.78 is 1.90. The first kappa shape index (κ1) is 16.6. The first-order valence-corrected chi connectivity index (χ1v) is 9.22. The molecule has 4 heteroatoms. The number of para-hydroxylation sites is 1. The number of hydrogen-bond donors (Lipinski definition) is 0. The summed E-state index contributed by atoms with van der Waals surface area (Å²) in [4.78, 5) is 19.0. The van der Waals surface area contributed by atoms with Gasteiger partial charge in [-0.3, -0.25) is 4.79 Å². The number of carbonyl (C=O) groups excluding carboxylic acids is 1. The number of rotatable bonds is 4. The van der Waals surface area contributed by atoms with Crippen LogP contribution < -0.4 is 0 Å². The smallest absolute Gasteiger partial charge is 0.274 e. The van der Waals surface area contributed by atoms with Crippen molar-refractivity contribution in [3.63, 3.8) is 0 Å². The average molecular weight is 345 g/mol. The van der Waals surface area contributed by atoms with Crippen molar-refractivity contribution in [3.8, 4) is 5.69 Å². The van der Waals surface area contributed by atoms with Crippen molar-refractivity contribution < 1.29 is 4.79 Å². The molecule has 2 aromatic carbocycles. The minimum absolute atomic E-state index is 0.0397. The van der Waals surface area contributed by atoms with E-state index in [1.807, 2.05) is 46.0 Å². The van der Waals surface area contributed by atoms with E-state index in [-0.39, 0.29) is 5.91 Å². The Balaban J connectivity index is 1.36. The second kappa shape index (κ2) is 7.56. The van der Waals surface area contributed by atoms with E-state index in [1.54, 1.807) is 6.33 Å². The number of likely N-dealkylation sites (tertiary alicyclic amines) is 1. The summed E-state index contributed by atoms with van der Waals surface area (Å²) in [6.07, 6.45) is 6.75. The maximum Gasteiger partial charge on any atom is 0.274 e. The largest absolute Gasteiger partial charge is 0.337 e. The molecule has 1 aliphatic rings. The monoisotopic (exact) mass is 345 g/mol. The molecule has 3 aromatic rings. The molecule has 1 aromatic heterocycles. The number of amides is 1. The molecular weight excluding hydrogens is 322 g/mol. The van der Waals surface area contributed by atoms with Crippen molar-refractivity contribution in [2.75, 3.05) is 13.1 Å². The normalized spacial score (nSPS) is 15.2. The van der Waals surface area contributed by atoms with Crippen LogP contribution in [0, 0.1) is 5.92 Å². The van der Waals surface area contributed by atoms with Crippen molar-refractivity contribution in [1.29, 1.82) is 0 Å². The van der Waals surface area contributed by atoms with Crippen LogP contribution in [0.25, 0.3) is 5.69 Å². The summed E-state index contributed by atoms with van der Waals surface area (Å²) >= 11 is 0. The highest BCUT2D eigenvalue weighted by Crippen LogP contribution is 2.22. The van der Waals surface area contributed by atoms with Gasteiger partial charge in [0.15, 0.2) is 0 Å². The molecule has 0 bridgehead atoms. The molecule has 0 saturated carbocycles. The Labute approximate surface area is 154 Å². The third kappa shape index (κ3) is 3.69. The van der Waals surface area contributed by atoms with Crippen molar-refractivity contribution in [1.82, 2.24) is 14.5 Å². The molecule has 1 saturated heterocycles. The molecule has 0 aliphatic carbocycles. The summed E-state index contributed by atoms with van der Waals surface area (Å²) in [5.74, 6) is 0.696. The van der Waals surface area contributed by atoms with Crippen LogP contribution in [0.2, 0.25) is 0 Å². The van der Waals surface area contributed by atoms with Gasteiger partial charge < -0.3 is 9.47 Å². The van der Waals surface area contributed by atoms with E-state index >= 15 is 0 Å². The van der Waals surface area contributed by atoms with Gasteiger partial charge in [-0.1, -0.05) is 48.5 Å². The third-order valence-electron chi connectivity index (χ3n) is 5.12. The second-order valence-corrected chi connectivity index (χ2v) is 6.93. The van der Waals surface area contributed by atoms with Crippen LogP contribution in [0.5, 0.6) is 0 Å². The average Bonchev–Trinajstić information content (AvgIpc) is 3.20. The van der Waals surface area contributed by atoms with E-state index in [1.165, 1.54) is 5.56 Å². The molecule has 0 N–H and O–H groups in total. The number of nitrogens with zero attached hydrogens (tertiary/aromatic N) is 3. The minimum atomic E-state index is 0.0397. The minimum Gasteiger partial charge on any atom is -0.337 e. The molecule has 0 spiro atoms. The van der Waals surface area contributed by atoms with Gasteiger partial charge in [0, 0.05) is 25.0 Å². The lowest BCUT2D eigenvalue weighted by molar-refractivity contribution is 0.0685. The number of carbonyl (C=O) groups is 1. The molecule has 132 valence electrons. The fourth-order valence-electron chi connectivity index (χ4n) is 3.62. The Kier molecular flexibility index (Phi) is 4.82. The van der Waals surface area contributed by atoms with Gasteiger partial charge in [-0.2, -0.15) is 0 Å². The number of imidazole rings is 1. The van der Waals surface area contributed by atoms with Gasteiger partial charge >= 0.3 is 0 Å². The fourth-order valence-corrected chi connectivity index (χ4v) is 3.62. The van der Waals surface area contributed by atoms with Crippen LogP contribution in [0.15, 0.2) is 73.2 Å². The molecule has 1 amide bonds. The molecular formula is C22H23N3O. The quantitative estimate of drug-likeness (QED) is 0.718. The summed E-state index contributed by atoms with van der Waals surface area (Å²) in [7, 11) is 0. The molecule has 1 aliphatic heterocycles. The Morgan fingerprint density at radius 2 is 1.62 bits per heavy atom. The van der Waals surface area contributed by atoms with Gasteiger partial charge in [0.25, 0.3) is 5.91 Å². The van der Waals surface area contributed by atoms with E-state index < -0.39 is 0 Å².